The maximum absolute atomic E-state index is 14.0. The topological polar surface area (TPSA) is 64.1 Å². The molecule has 0 atom stereocenters. The molecule has 0 spiro atoms. The van der Waals surface area contributed by atoms with E-state index in [1.807, 2.05) is 44.2 Å². The third kappa shape index (κ3) is 3.89. The number of carbonyl (C=O) groups excluding carboxylic acids is 1. The molecule has 152 valence electrons. The molecule has 5 nitrogen and oxygen atoms in total. The number of methoxy groups -OCH3 is 1. The maximum Gasteiger partial charge on any atom is 0.258 e. The Morgan fingerprint density at radius 1 is 1.13 bits per heavy atom. The van der Waals surface area contributed by atoms with Crippen molar-refractivity contribution in [1.29, 1.82) is 0 Å². The summed E-state index contributed by atoms with van der Waals surface area (Å²) in [7, 11) is 1.42. The van der Waals surface area contributed by atoms with Crippen molar-refractivity contribution in [3.63, 3.8) is 0 Å². The molecule has 0 fully saturated rings. The summed E-state index contributed by atoms with van der Waals surface area (Å²) in [6.45, 7) is 4.08. The fraction of sp³-hybridized carbons (Fsp3) is 0.174. The standard InChI is InChI=1S/C23H20FN3O2S/c1-13(2)19-11-16(15-6-4-5-7-18(15)25-19)22(28)27-23-26-20(12-30-23)14-8-9-21(29-3)17(24)10-14/h4-13H,1-3H3,(H,26,27,28). The van der Waals surface area contributed by atoms with E-state index < -0.39 is 5.82 Å². The van der Waals surface area contributed by atoms with E-state index in [9.17, 15) is 9.18 Å². The van der Waals surface area contributed by atoms with Crippen molar-refractivity contribution in [2.24, 2.45) is 0 Å². The molecule has 30 heavy (non-hydrogen) atoms. The summed E-state index contributed by atoms with van der Waals surface area (Å²) in [6, 6.07) is 14.1. The third-order valence-electron chi connectivity index (χ3n) is 4.74. The average Bonchev–Trinajstić information content (AvgIpc) is 3.21. The van der Waals surface area contributed by atoms with Crippen LogP contribution in [0, 0.1) is 5.82 Å². The van der Waals surface area contributed by atoms with E-state index in [-0.39, 0.29) is 17.6 Å². The number of nitrogens with zero attached hydrogens (tertiary/aromatic N) is 2. The number of amides is 1. The molecule has 2 aromatic carbocycles. The molecule has 0 saturated heterocycles. The Balaban J connectivity index is 1.63. The zero-order valence-corrected chi connectivity index (χ0v) is 17.6. The van der Waals surface area contributed by atoms with Gasteiger partial charge in [-0.2, -0.15) is 0 Å². The van der Waals surface area contributed by atoms with Crippen molar-refractivity contribution in [2.45, 2.75) is 19.8 Å². The molecule has 0 radical (unpaired) electrons. The van der Waals surface area contributed by atoms with Crippen LogP contribution in [-0.2, 0) is 0 Å². The highest BCUT2D eigenvalue weighted by molar-refractivity contribution is 7.14. The molecule has 2 aromatic heterocycles. The lowest BCUT2D eigenvalue weighted by Gasteiger charge is -2.11. The van der Waals surface area contributed by atoms with Crippen LogP contribution < -0.4 is 10.1 Å². The van der Waals surface area contributed by atoms with E-state index in [2.05, 4.69) is 15.3 Å². The number of hydrogen-bond donors (Lipinski definition) is 1. The molecule has 1 amide bonds. The van der Waals surface area contributed by atoms with Gasteiger partial charge in [-0.1, -0.05) is 32.0 Å². The summed E-state index contributed by atoms with van der Waals surface area (Å²) >= 11 is 1.29. The van der Waals surface area contributed by atoms with E-state index in [0.29, 0.717) is 22.0 Å². The molecule has 0 aliphatic heterocycles. The summed E-state index contributed by atoms with van der Waals surface area (Å²) in [5.74, 6) is -0.346. The van der Waals surface area contributed by atoms with Gasteiger partial charge in [0.2, 0.25) is 0 Å². The molecule has 2 heterocycles. The summed E-state index contributed by atoms with van der Waals surface area (Å²) in [5, 5.41) is 5.87. The second-order valence-corrected chi connectivity index (χ2v) is 7.97. The number of ether oxygens (including phenoxy) is 1. The molecular weight excluding hydrogens is 401 g/mol. The average molecular weight is 421 g/mol. The van der Waals surface area contributed by atoms with Gasteiger partial charge in [0, 0.05) is 22.0 Å². The smallest absolute Gasteiger partial charge is 0.258 e. The first-order chi connectivity index (χ1) is 14.5. The van der Waals surface area contributed by atoms with Crippen molar-refractivity contribution >= 4 is 33.3 Å². The van der Waals surface area contributed by atoms with Gasteiger partial charge >= 0.3 is 0 Å². The van der Waals surface area contributed by atoms with Gasteiger partial charge in [0.15, 0.2) is 16.7 Å². The Kier molecular flexibility index (Phi) is 5.46. The van der Waals surface area contributed by atoms with Gasteiger partial charge < -0.3 is 4.74 Å². The SMILES string of the molecule is COc1ccc(-c2csc(NC(=O)c3cc(C(C)C)nc4ccccc34)n2)cc1F. The number of para-hydroxylation sites is 1. The van der Waals surface area contributed by atoms with Gasteiger partial charge in [-0.15, -0.1) is 11.3 Å². The van der Waals surface area contributed by atoms with Crippen molar-refractivity contribution in [2.75, 3.05) is 12.4 Å². The van der Waals surface area contributed by atoms with Crippen LogP contribution in [-0.4, -0.2) is 23.0 Å². The number of benzene rings is 2. The molecule has 0 saturated carbocycles. The lowest BCUT2D eigenvalue weighted by Crippen LogP contribution is -2.13. The molecule has 7 heteroatoms. The van der Waals surface area contributed by atoms with Crippen molar-refractivity contribution in [1.82, 2.24) is 9.97 Å². The highest BCUT2D eigenvalue weighted by atomic mass is 32.1. The highest BCUT2D eigenvalue weighted by Crippen LogP contribution is 2.29. The molecule has 0 aliphatic carbocycles. The van der Waals surface area contributed by atoms with Crippen LogP contribution in [0.25, 0.3) is 22.2 Å². The van der Waals surface area contributed by atoms with E-state index in [0.717, 1.165) is 16.6 Å². The Morgan fingerprint density at radius 2 is 1.93 bits per heavy atom. The number of anilines is 1. The minimum absolute atomic E-state index is 0.174. The highest BCUT2D eigenvalue weighted by Gasteiger charge is 2.16. The normalized spacial score (nSPS) is 11.1. The molecule has 0 bridgehead atoms. The predicted octanol–water partition coefficient (Wildman–Crippen LogP) is 5.88. The minimum Gasteiger partial charge on any atom is -0.494 e. The molecule has 0 unspecified atom stereocenters. The fourth-order valence-electron chi connectivity index (χ4n) is 3.13. The third-order valence-corrected chi connectivity index (χ3v) is 5.50. The quantitative estimate of drug-likeness (QED) is 0.437. The van der Waals surface area contributed by atoms with Crippen molar-refractivity contribution < 1.29 is 13.9 Å². The zero-order chi connectivity index (χ0) is 21.3. The number of rotatable bonds is 5. The van der Waals surface area contributed by atoms with Crippen LogP contribution in [0.2, 0.25) is 0 Å². The lowest BCUT2D eigenvalue weighted by molar-refractivity contribution is 0.102. The van der Waals surface area contributed by atoms with Gasteiger partial charge in [0.25, 0.3) is 5.91 Å². The maximum atomic E-state index is 14.0. The summed E-state index contributed by atoms with van der Waals surface area (Å²) in [6.07, 6.45) is 0. The Bertz CT molecular complexity index is 1240. The minimum atomic E-state index is -0.460. The van der Waals surface area contributed by atoms with Gasteiger partial charge in [0.1, 0.15) is 0 Å². The van der Waals surface area contributed by atoms with Gasteiger partial charge in [-0.3, -0.25) is 15.1 Å². The van der Waals surface area contributed by atoms with Gasteiger partial charge in [-0.05, 0) is 36.2 Å². The number of carbonyl (C=O) groups is 1. The van der Waals surface area contributed by atoms with E-state index in [1.165, 1.54) is 24.5 Å². The van der Waals surface area contributed by atoms with Gasteiger partial charge in [-0.25, -0.2) is 9.37 Å². The first kappa shape index (κ1) is 20.0. The van der Waals surface area contributed by atoms with Crippen LogP contribution in [0.3, 0.4) is 0 Å². The molecule has 4 rings (SSSR count). The number of pyridine rings is 1. The van der Waals surface area contributed by atoms with Crippen LogP contribution in [0.15, 0.2) is 53.9 Å². The molecule has 4 aromatic rings. The summed E-state index contributed by atoms with van der Waals surface area (Å²) < 4.78 is 18.9. The lowest BCUT2D eigenvalue weighted by atomic mass is 10.0. The number of thiazole rings is 1. The van der Waals surface area contributed by atoms with E-state index in [1.54, 1.807) is 17.5 Å². The largest absolute Gasteiger partial charge is 0.494 e. The second kappa shape index (κ2) is 8.20. The number of aromatic nitrogens is 2. The predicted molar refractivity (Wildman–Crippen MR) is 118 cm³/mol. The number of nitrogens with one attached hydrogen (secondary N) is 1. The first-order valence-corrected chi connectivity index (χ1v) is 10.3. The number of fused-ring (bicyclic) bond motifs is 1. The monoisotopic (exact) mass is 421 g/mol. The van der Waals surface area contributed by atoms with E-state index >= 15 is 0 Å². The van der Waals surface area contributed by atoms with Crippen LogP contribution in [0.5, 0.6) is 5.75 Å². The summed E-state index contributed by atoms with van der Waals surface area (Å²) in [4.78, 5) is 22.1. The van der Waals surface area contributed by atoms with Crippen molar-refractivity contribution in [3.05, 3.63) is 71.0 Å². The molecule has 1 N–H and O–H groups in total. The Labute approximate surface area is 177 Å². The first-order valence-electron chi connectivity index (χ1n) is 9.46. The molecular formula is C23H20FN3O2S. The summed E-state index contributed by atoms with van der Waals surface area (Å²) in [5.41, 5.74) is 3.38. The van der Waals surface area contributed by atoms with Crippen LogP contribution >= 0.6 is 11.3 Å². The van der Waals surface area contributed by atoms with Crippen LogP contribution in [0.1, 0.15) is 35.8 Å². The molecule has 0 aliphatic rings. The Morgan fingerprint density at radius 3 is 2.67 bits per heavy atom. The van der Waals surface area contributed by atoms with Crippen LogP contribution in [0.4, 0.5) is 9.52 Å². The Hall–Kier alpha value is -3.32. The van der Waals surface area contributed by atoms with Gasteiger partial charge in [0.05, 0.1) is 23.9 Å². The zero-order valence-electron chi connectivity index (χ0n) is 16.8. The van der Waals surface area contributed by atoms with E-state index in [4.69, 9.17) is 4.74 Å². The number of halogens is 1. The second-order valence-electron chi connectivity index (χ2n) is 7.11. The number of hydrogen-bond acceptors (Lipinski definition) is 5. The van der Waals surface area contributed by atoms with Crippen molar-refractivity contribution in [3.8, 4) is 17.0 Å². The fourth-order valence-corrected chi connectivity index (χ4v) is 3.85.